The molecule has 0 atom stereocenters. The van der Waals surface area contributed by atoms with Crippen molar-refractivity contribution < 1.29 is 13.6 Å². The van der Waals surface area contributed by atoms with Crippen molar-refractivity contribution in [2.75, 3.05) is 13.1 Å². The monoisotopic (exact) mass is 357 g/mol. The van der Waals surface area contributed by atoms with Crippen LogP contribution in [-0.4, -0.2) is 34.1 Å². The maximum Gasteiger partial charge on any atom is 0.256 e. The van der Waals surface area contributed by atoms with Crippen molar-refractivity contribution in [1.29, 1.82) is 0 Å². The van der Waals surface area contributed by atoms with Gasteiger partial charge in [-0.15, -0.1) is 10.2 Å². The van der Waals surface area contributed by atoms with E-state index in [2.05, 4.69) is 10.2 Å². The van der Waals surface area contributed by atoms with E-state index in [9.17, 15) is 9.18 Å². The molecule has 1 aromatic carbocycles. The largest absolute Gasteiger partial charge is 0.462 e. The summed E-state index contributed by atoms with van der Waals surface area (Å²) in [4.78, 5) is 14.2. The maximum atomic E-state index is 13.8. The molecule has 0 radical (unpaired) electrons. The van der Waals surface area contributed by atoms with Gasteiger partial charge in [-0.3, -0.25) is 4.79 Å². The molecular weight excluding hydrogens is 341 g/mol. The summed E-state index contributed by atoms with van der Waals surface area (Å²) in [7, 11) is 0. The number of halogens is 1. The van der Waals surface area contributed by atoms with Gasteiger partial charge < -0.3 is 9.32 Å². The molecule has 7 heteroatoms. The van der Waals surface area contributed by atoms with Gasteiger partial charge in [0.25, 0.3) is 5.91 Å². The number of piperidine rings is 1. The number of hydrogen-bond donors (Lipinski definition) is 0. The van der Waals surface area contributed by atoms with Crippen molar-refractivity contribution in [1.82, 2.24) is 15.1 Å². The molecule has 25 heavy (non-hydrogen) atoms. The zero-order valence-corrected chi connectivity index (χ0v) is 14.2. The highest BCUT2D eigenvalue weighted by molar-refractivity contribution is 7.14. The number of carbonyl (C=O) groups excluding carboxylic acids is 1. The Kier molecular flexibility index (Phi) is 4.31. The lowest BCUT2D eigenvalue weighted by molar-refractivity contribution is 0.0708. The van der Waals surface area contributed by atoms with Crippen LogP contribution in [0.3, 0.4) is 0 Å². The normalized spacial score (nSPS) is 15.5. The van der Waals surface area contributed by atoms with E-state index in [0.717, 1.165) is 28.6 Å². The third kappa shape index (κ3) is 3.19. The van der Waals surface area contributed by atoms with Crippen LogP contribution < -0.4 is 0 Å². The highest BCUT2D eigenvalue weighted by Gasteiger charge is 2.28. The van der Waals surface area contributed by atoms with Crippen LogP contribution in [0.2, 0.25) is 0 Å². The second kappa shape index (κ2) is 6.76. The van der Waals surface area contributed by atoms with Crippen LogP contribution in [0.5, 0.6) is 0 Å². The summed E-state index contributed by atoms with van der Waals surface area (Å²) in [6.07, 6.45) is 3.21. The summed E-state index contributed by atoms with van der Waals surface area (Å²) in [6.45, 7) is 1.18. The van der Waals surface area contributed by atoms with Gasteiger partial charge in [0.05, 0.1) is 11.8 Å². The minimum atomic E-state index is -0.471. The molecule has 128 valence electrons. The average molecular weight is 357 g/mol. The minimum Gasteiger partial charge on any atom is -0.462 e. The first-order chi connectivity index (χ1) is 12.2. The van der Waals surface area contributed by atoms with Crippen molar-refractivity contribution in [2.45, 2.75) is 18.8 Å². The Balaban J connectivity index is 1.42. The Morgan fingerprint density at radius 2 is 1.96 bits per heavy atom. The predicted molar refractivity (Wildman–Crippen MR) is 91.9 cm³/mol. The van der Waals surface area contributed by atoms with Gasteiger partial charge in [-0.2, -0.15) is 0 Å². The zero-order chi connectivity index (χ0) is 17.2. The van der Waals surface area contributed by atoms with Gasteiger partial charge in [-0.1, -0.05) is 23.5 Å². The first-order valence-corrected chi connectivity index (χ1v) is 8.95. The third-order valence-corrected chi connectivity index (χ3v) is 5.51. The fourth-order valence-corrected chi connectivity index (χ4v) is 4.01. The number of carbonyl (C=O) groups is 1. The number of likely N-dealkylation sites (tertiary alicyclic amines) is 1. The van der Waals surface area contributed by atoms with E-state index in [1.165, 1.54) is 23.5 Å². The van der Waals surface area contributed by atoms with Crippen molar-refractivity contribution in [3.8, 4) is 10.8 Å². The van der Waals surface area contributed by atoms with Gasteiger partial charge in [0, 0.05) is 19.0 Å². The number of aromatic nitrogens is 2. The molecule has 1 amide bonds. The minimum absolute atomic E-state index is 0.136. The van der Waals surface area contributed by atoms with Crippen LogP contribution in [-0.2, 0) is 0 Å². The zero-order valence-electron chi connectivity index (χ0n) is 13.4. The lowest BCUT2D eigenvalue weighted by Crippen LogP contribution is -2.38. The number of amides is 1. The summed E-state index contributed by atoms with van der Waals surface area (Å²) >= 11 is 1.53. The van der Waals surface area contributed by atoms with E-state index < -0.39 is 5.82 Å². The summed E-state index contributed by atoms with van der Waals surface area (Å²) in [5, 5.41) is 10.2. The van der Waals surface area contributed by atoms with E-state index in [-0.39, 0.29) is 17.4 Å². The highest BCUT2D eigenvalue weighted by Crippen LogP contribution is 2.33. The van der Waals surface area contributed by atoms with Gasteiger partial charge >= 0.3 is 0 Å². The summed E-state index contributed by atoms with van der Waals surface area (Å²) in [5.74, 6) is 0.272. The number of hydrogen-bond acceptors (Lipinski definition) is 5. The molecule has 0 N–H and O–H groups in total. The molecule has 0 saturated carbocycles. The molecule has 0 unspecified atom stereocenters. The summed E-state index contributed by atoms with van der Waals surface area (Å²) in [5.41, 5.74) is 0.136. The molecule has 0 spiro atoms. The van der Waals surface area contributed by atoms with Gasteiger partial charge in [-0.05, 0) is 37.1 Å². The highest BCUT2D eigenvalue weighted by atomic mass is 32.1. The van der Waals surface area contributed by atoms with Crippen molar-refractivity contribution >= 4 is 17.2 Å². The van der Waals surface area contributed by atoms with Crippen LogP contribution in [0.25, 0.3) is 10.8 Å². The van der Waals surface area contributed by atoms with Gasteiger partial charge in [0.15, 0.2) is 10.8 Å². The second-order valence-electron chi connectivity index (χ2n) is 5.97. The third-order valence-electron chi connectivity index (χ3n) is 4.41. The summed E-state index contributed by atoms with van der Waals surface area (Å²) in [6, 6.07) is 9.80. The number of furan rings is 1. The molecule has 1 saturated heterocycles. The first kappa shape index (κ1) is 16.0. The average Bonchev–Trinajstić information content (AvgIpc) is 3.33. The molecule has 3 heterocycles. The smallest absolute Gasteiger partial charge is 0.256 e. The topological polar surface area (TPSA) is 59.2 Å². The van der Waals surface area contributed by atoms with Crippen LogP contribution in [0.1, 0.15) is 34.1 Å². The van der Waals surface area contributed by atoms with E-state index >= 15 is 0 Å². The molecule has 2 aromatic heterocycles. The number of benzene rings is 1. The van der Waals surface area contributed by atoms with E-state index in [1.807, 2.05) is 12.1 Å². The number of nitrogens with zero attached hydrogens (tertiary/aromatic N) is 3. The second-order valence-corrected chi connectivity index (χ2v) is 6.98. The van der Waals surface area contributed by atoms with E-state index in [1.54, 1.807) is 23.3 Å². The molecule has 1 aliphatic rings. The fraction of sp³-hybridized carbons (Fsp3) is 0.278. The Labute approximate surface area is 148 Å². The molecule has 3 aromatic rings. The SMILES string of the molecule is O=C(c1ccccc1F)N1CCC(c2nnc(-c3ccco3)s2)CC1. The van der Waals surface area contributed by atoms with Gasteiger partial charge in [-0.25, -0.2) is 4.39 Å². The van der Waals surface area contributed by atoms with Crippen molar-refractivity contribution in [3.63, 3.8) is 0 Å². The molecule has 1 fully saturated rings. The predicted octanol–water partition coefficient (Wildman–Crippen LogP) is 3.96. The standard InChI is InChI=1S/C18H16FN3O2S/c19-14-5-2-1-4-13(14)18(23)22-9-7-12(8-10-22)16-20-21-17(25-16)15-6-3-11-24-15/h1-6,11-12H,7-10H2. The molecule has 0 aliphatic carbocycles. The number of rotatable bonds is 3. The van der Waals surface area contributed by atoms with Crippen LogP contribution in [0, 0.1) is 5.82 Å². The maximum absolute atomic E-state index is 13.8. The van der Waals surface area contributed by atoms with Gasteiger partial charge in [0.1, 0.15) is 10.8 Å². The molecular formula is C18H16FN3O2S. The first-order valence-electron chi connectivity index (χ1n) is 8.13. The van der Waals surface area contributed by atoms with Crippen LogP contribution in [0.4, 0.5) is 4.39 Å². The van der Waals surface area contributed by atoms with E-state index in [4.69, 9.17) is 4.42 Å². The lowest BCUT2D eigenvalue weighted by atomic mass is 9.97. The Morgan fingerprint density at radius 1 is 1.16 bits per heavy atom. The van der Waals surface area contributed by atoms with Crippen LogP contribution in [0.15, 0.2) is 47.1 Å². The Morgan fingerprint density at radius 3 is 2.68 bits per heavy atom. The summed E-state index contributed by atoms with van der Waals surface area (Å²) < 4.78 is 19.1. The van der Waals surface area contributed by atoms with Crippen LogP contribution >= 0.6 is 11.3 Å². The Bertz CT molecular complexity index is 870. The Hall–Kier alpha value is -2.54. The van der Waals surface area contributed by atoms with Crippen molar-refractivity contribution in [3.05, 3.63) is 59.0 Å². The van der Waals surface area contributed by atoms with Gasteiger partial charge in [0.2, 0.25) is 0 Å². The lowest BCUT2D eigenvalue weighted by Gasteiger charge is -2.31. The quantitative estimate of drug-likeness (QED) is 0.712. The van der Waals surface area contributed by atoms with Crippen molar-refractivity contribution in [2.24, 2.45) is 0 Å². The molecule has 1 aliphatic heterocycles. The fourth-order valence-electron chi connectivity index (χ4n) is 3.03. The molecule has 5 nitrogen and oxygen atoms in total. The van der Waals surface area contributed by atoms with E-state index in [0.29, 0.717) is 13.1 Å². The molecule has 0 bridgehead atoms. The molecule has 4 rings (SSSR count).